The number of rotatable bonds is 2. The Hall–Kier alpha value is 0.310. The van der Waals surface area contributed by atoms with Gasteiger partial charge >= 0.3 is 0 Å². The van der Waals surface area contributed by atoms with Crippen molar-refractivity contribution in [1.82, 2.24) is 5.32 Å². The van der Waals surface area contributed by atoms with E-state index in [-0.39, 0.29) is 0 Å². The van der Waals surface area contributed by atoms with Crippen molar-refractivity contribution in [2.45, 2.75) is 30.9 Å². The van der Waals surface area contributed by atoms with Crippen molar-refractivity contribution in [3.8, 4) is 0 Å². The number of hydrogen-bond acceptors (Lipinski definition) is 2. The summed E-state index contributed by atoms with van der Waals surface area (Å²) in [5, 5.41) is 3.39. The molecule has 1 rings (SSSR count). The SMILES string of the molecule is CCC1(SC)CCNCC1. The van der Waals surface area contributed by atoms with Crippen LogP contribution in [0.5, 0.6) is 0 Å². The van der Waals surface area contributed by atoms with E-state index in [4.69, 9.17) is 0 Å². The zero-order chi connectivity index (χ0) is 7.45. The average Bonchev–Trinajstić information content (AvgIpc) is 2.06. The maximum absolute atomic E-state index is 3.39. The maximum Gasteiger partial charge on any atom is 0.0178 e. The maximum atomic E-state index is 3.39. The normalized spacial score (nSPS) is 24.6. The summed E-state index contributed by atoms with van der Waals surface area (Å²) in [5.74, 6) is 0. The summed E-state index contributed by atoms with van der Waals surface area (Å²) in [5.41, 5.74) is 0. The van der Waals surface area contributed by atoms with Crippen LogP contribution in [0.15, 0.2) is 0 Å². The molecule has 1 N–H and O–H groups in total. The van der Waals surface area contributed by atoms with Gasteiger partial charge in [-0.25, -0.2) is 0 Å². The first-order valence-corrected chi connectivity index (χ1v) is 5.31. The van der Waals surface area contributed by atoms with Gasteiger partial charge in [0.25, 0.3) is 0 Å². The lowest BCUT2D eigenvalue weighted by atomic mass is 9.94. The van der Waals surface area contributed by atoms with Crippen LogP contribution in [0.2, 0.25) is 0 Å². The second-order valence-electron chi connectivity index (χ2n) is 2.99. The topological polar surface area (TPSA) is 12.0 Å². The molecular formula is C8H17NS. The molecule has 1 saturated heterocycles. The summed E-state index contributed by atoms with van der Waals surface area (Å²) in [6, 6.07) is 0. The molecule has 0 saturated carbocycles. The lowest BCUT2D eigenvalue weighted by Gasteiger charge is -2.35. The molecule has 0 amide bonds. The zero-order valence-electron chi connectivity index (χ0n) is 6.94. The summed E-state index contributed by atoms with van der Waals surface area (Å²) in [7, 11) is 0. The number of thioether (sulfide) groups is 1. The Balaban J connectivity index is 2.44. The third kappa shape index (κ3) is 1.67. The predicted molar refractivity (Wildman–Crippen MR) is 48.6 cm³/mol. The Morgan fingerprint density at radius 2 is 2.00 bits per heavy atom. The molecule has 0 aromatic heterocycles. The van der Waals surface area contributed by atoms with E-state index in [0.29, 0.717) is 4.75 Å². The summed E-state index contributed by atoms with van der Waals surface area (Å²) in [6.07, 6.45) is 6.28. The second-order valence-corrected chi connectivity index (χ2v) is 4.26. The van der Waals surface area contributed by atoms with Gasteiger partial charge in [0, 0.05) is 4.75 Å². The quantitative estimate of drug-likeness (QED) is 0.660. The largest absolute Gasteiger partial charge is 0.317 e. The molecule has 0 radical (unpaired) electrons. The summed E-state index contributed by atoms with van der Waals surface area (Å²) in [4.78, 5) is 0. The van der Waals surface area contributed by atoms with Gasteiger partial charge in [-0.2, -0.15) is 11.8 Å². The second kappa shape index (κ2) is 3.63. The van der Waals surface area contributed by atoms with Crippen LogP contribution in [0.4, 0.5) is 0 Å². The van der Waals surface area contributed by atoms with Crippen LogP contribution in [0, 0.1) is 0 Å². The molecule has 1 fully saturated rings. The molecule has 0 aliphatic carbocycles. The monoisotopic (exact) mass is 159 g/mol. The molecule has 0 atom stereocenters. The van der Waals surface area contributed by atoms with Gasteiger partial charge < -0.3 is 5.32 Å². The van der Waals surface area contributed by atoms with E-state index in [1.54, 1.807) is 0 Å². The standard InChI is InChI=1S/C8H17NS/c1-3-8(10-2)4-6-9-7-5-8/h9H,3-7H2,1-2H3. The van der Waals surface area contributed by atoms with Gasteiger partial charge in [-0.1, -0.05) is 6.92 Å². The van der Waals surface area contributed by atoms with E-state index in [9.17, 15) is 0 Å². The first kappa shape index (κ1) is 8.41. The highest BCUT2D eigenvalue weighted by Gasteiger charge is 2.28. The molecule has 0 unspecified atom stereocenters. The fraction of sp³-hybridized carbons (Fsp3) is 1.00. The average molecular weight is 159 g/mol. The molecule has 0 aromatic carbocycles. The fourth-order valence-corrected chi connectivity index (χ4v) is 2.49. The first-order chi connectivity index (χ1) is 4.83. The molecule has 1 aliphatic heterocycles. The van der Waals surface area contributed by atoms with Crippen molar-refractivity contribution >= 4 is 11.8 Å². The Labute approximate surface area is 68.0 Å². The summed E-state index contributed by atoms with van der Waals surface area (Å²) >= 11 is 2.05. The lowest BCUT2D eigenvalue weighted by Crippen LogP contribution is -2.38. The number of piperidine rings is 1. The molecule has 10 heavy (non-hydrogen) atoms. The molecule has 0 bridgehead atoms. The smallest absolute Gasteiger partial charge is 0.0178 e. The van der Waals surface area contributed by atoms with E-state index < -0.39 is 0 Å². The third-order valence-electron chi connectivity index (χ3n) is 2.59. The van der Waals surface area contributed by atoms with Crippen LogP contribution in [-0.4, -0.2) is 24.1 Å². The van der Waals surface area contributed by atoms with Crippen molar-refractivity contribution < 1.29 is 0 Å². The molecule has 1 aliphatic rings. The molecular weight excluding hydrogens is 142 g/mol. The van der Waals surface area contributed by atoms with Gasteiger partial charge in [0.2, 0.25) is 0 Å². The van der Waals surface area contributed by atoms with E-state index in [1.807, 2.05) is 0 Å². The summed E-state index contributed by atoms with van der Waals surface area (Å²) < 4.78 is 0.616. The van der Waals surface area contributed by atoms with Crippen LogP contribution >= 0.6 is 11.8 Å². The number of nitrogens with one attached hydrogen (secondary N) is 1. The van der Waals surface area contributed by atoms with Gasteiger partial charge in [0.15, 0.2) is 0 Å². The van der Waals surface area contributed by atoms with Gasteiger partial charge in [0.1, 0.15) is 0 Å². The number of hydrogen-bond donors (Lipinski definition) is 1. The highest BCUT2D eigenvalue weighted by Crippen LogP contribution is 2.34. The molecule has 1 nitrogen and oxygen atoms in total. The van der Waals surface area contributed by atoms with E-state index in [1.165, 1.54) is 32.4 Å². The Kier molecular flexibility index (Phi) is 3.05. The molecule has 1 heterocycles. The van der Waals surface area contributed by atoms with E-state index in [2.05, 4.69) is 30.3 Å². The minimum Gasteiger partial charge on any atom is -0.317 e. The Bertz CT molecular complexity index is 91.4. The molecule has 2 heteroatoms. The van der Waals surface area contributed by atoms with Gasteiger partial charge in [-0.05, 0) is 38.6 Å². The van der Waals surface area contributed by atoms with Gasteiger partial charge in [0.05, 0.1) is 0 Å². The Morgan fingerprint density at radius 3 is 2.30 bits per heavy atom. The van der Waals surface area contributed by atoms with E-state index >= 15 is 0 Å². The van der Waals surface area contributed by atoms with Crippen molar-refractivity contribution in [1.29, 1.82) is 0 Å². The van der Waals surface area contributed by atoms with Crippen LogP contribution in [0.1, 0.15) is 26.2 Å². The van der Waals surface area contributed by atoms with Crippen molar-refractivity contribution in [3.63, 3.8) is 0 Å². The minimum atomic E-state index is 0.616. The van der Waals surface area contributed by atoms with Crippen LogP contribution in [0.3, 0.4) is 0 Å². The lowest BCUT2D eigenvalue weighted by molar-refractivity contribution is 0.405. The highest BCUT2D eigenvalue weighted by atomic mass is 32.2. The molecule has 0 spiro atoms. The van der Waals surface area contributed by atoms with Gasteiger partial charge in [-0.15, -0.1) is 0 Å². The Morgan fingerprint density at radius 1 is 1.40 bits per heavy atom. The highest BCUT2D eigenvalue weighted by molar-refractivity contribution is 8.00. The molecule has 60 valence electrons. The van der Waals surface area contributed by atoms with Crippen LogP contribution in [-0.2, 0) is 0 Å². The van der Waals surface area contributed by atoms with Crippen molar-refractivity contribution in [2.24, 2.45) is 0 Å². The van der Waals surface area contributed by atoms with Crippen LogP contribution in [0.25, 0.3) is 0 Å². The molecule has 0 aromatic rings. The van der Waals surface area contributed by atoms with E-state index in [0.717, 1.165) is 0 Å². The zero-order valence-corrected chi connectivity index (χ0v) is 7.76. The fourth-order valence-electron chi connectivity index (χ4n) is 1.58. The van der Waals surface area contributed by atoms with Crippen molar-refractivity contribution in [3.05, 3.63) is 0 Å². The van der Waals surface area contributed by atoms with Crippen molar-refractivity contribution in [2.75, 3.05) is 19.3 Å². The minimum absolute atomic E-state index is 0.616. The summed E-state index contributed by atoms with van der Waals surface area (Å²) in [6.45, 7) is 4.74. The first-order valence-electron chi connectivity index (χ1n) is 4.09. The van der Waals surface area contributed by atoms with Gasteiger partial charge in [-0.3, -0.25) is 0 Å². The van der Waals surface area contributed by atoms with Crippen LogP contribution < -0.4 is 5.32 Å². The predicted octanol–water partition coefficient (Wildman–Crippen LogP) is 1.88. The third-order valence-corrected chi connectivity index (χ3v) is 4.16.